The molecule has 1 aliphatic rings. The molecule has 0 spiro atoms. The zero-order valence-corrected chi connectivity index (χ0v) is 11.8. The molecule has 6 heteroatoms. The van der Waals surface area contributed by atoms with Gasteiger partial charge in [-0.15, -0.1) is 0 Å². The molecule has 108 valence electrons. The largest absolute Gasteiger partial charge is 0.473 e. The van der Waals surface area contributed by atoms with Crippen LogP contribution < -0.4 is 0 Å². The molecule has 0 aromatic heterocycles. The van der Waals surface area contributed by atoms with Crippen LogP contribution in [0.4, 0.5) is 0 Å². The molecule has 0 aromatic carbocycles. The highest BCUT2D eigenvalue weighted by Gasteiger charge is 2.25. The molecular formula is C13H21NO5. The average molecular weight is 271 g/mol. The number of carboxylic acids is 2. The van der Waals surface area contributed by atoms with Crippen molar-refractivity contribution in [2.24, 2.45) is 5.41 Å². The number of carbonyl (C=O) groups excluding carboxylic acids is 1. The normalized spacial score (nSPS) is 15.9. The van der Waals surface area contributed by atoms with Gasteiger partial charge < -0.3 is 15.1 Å². The second kappa shape index (κ2) is 7.04. The van der Waals surface area contributed by atoms with E-state index in [0.29, 0.717) is 5.78 Å². The summed E-state index contributed by atoms with van der Waals surface area (Å²) in [4.78, 5) is 32.3. The molecule has 6 nitrogen and oxygen atoms in total. The van der Waals surface area contributed by atoms with E-state index in [9.17, 15) is 4.79 Å². The summed E-state index contributed by atoms with van der Waals surface area (Å²) in [6.45, 7) is 7.86. The SMILES string of the molecule is CN1CC=C(C(=O)C(C)(C)C)CC1.O=C(O)C(=O)O. The predicted octanol–water partition coefficient (Wildman–Crippen LogP) is 1.02. The van der Waals surface area contributed by atoms with Crippen LogP contribution in [0.15, 0.2) is 11.6 Å². The van der Waals surface area contributed by atoms with Crippen LogP contribution in [0.2, 0.25) is 0 Å². The van der Waals surface area contributed by atoms with Crippen LogP contribution in [0.3, 0.4) is 0 Å². The van der Waals surface area contributed by atoms with Gasteiger partial charge >= 0.3 is 11.9 Å². The predicted molar refractivity (Wildman–Crippen MR) is 69.9 cm³/mol. The summed E-state index contributed by atoms with van der Waals surface area (Å²) < 4.78 is 0. The van der Waals surface area contributed by atoms with Crippen LogP contribution in [0.5, 0.6) is 0 Å². The van der Waals surface area contributed by atoms with Crippen molar-refractivity contribution in [1.29, 1.82) is 0 Å². The Balaban J connectivity index is 0.000000459. The summed E-state index contributed by atoms with van der Waals surface area (Å²) in [5, 5.41) is 14.8. The maximum atomic E-state index is 11.8. The van der Waals surface area contributed by atoms with E-state index in [4.69, 9.17) is 19.8 Å². The van der Waals surface area contributed by atoms with E-state index in [-0.39, 0.29) is 5.41 Å². The van der Waals surface area contributed by atoms with Crippen LogP contribution in [0, 0.1) is 5.41 Å². The molecule has 0 radical (unpaired) electrons. The molecule has 19 heavy (non-hydrogen) atoms. The van der Waals surface area contributed by atoms with Crippen LogP contribution in [0.1, 0.15) is 27.2 Å². The van der Waals surface area contributed by atoms with Crippen molar-refractivity contribution < 1.29 is 24.6 Å². The molecule has 0 bridgehead atoms. The smallest absolute Gasteiger partial charge is 0.414 e. The lowest BCUT2D eigenvalue weighted by atomic mass is 9.84. The van der Waals surface area contributed by atoms with E-state index in [1.807, 2.05) is 20.8 Å². The van der Waals surface area contributed by atoms with Gasteiger partial charge in [0.1, 0.15) is 0 Å². The van der Waals surface area contributed by atoms with E-state index in [2.05, 4.69) is 18.0 Å². The molecule has 0 saturated carbocycles. The summed E-state index contributed by atoms with van der Waals surface area (Å²) in [7, 11) is 2.08. The topological polar surface area (TPSA) is 94.9 Å². The Morgan fingerprint density at radius 3 is 1.89 bits per heavy atom. The molecule has 1 heterocycles. The molecular weight excluding hydrogens is 250 g/mol. The Labute approximate surface area is 112 Å². The molecule has 2 N–H and O–H groups in total. The third-order valence-electron chi connectivity index (χ3n) is 2.57. The molecule has 0 aliphatic carbocycles. The maximum absolute atomic E-state index is 11.8. The van der Waals surface area contributed by atoms with Crippen molar-refractivity contribution in [2.45, 2.75) is 27.2 Å². The van der Waals surface area contributed by atoms with Crippen molar-refractivity contribution >= 4 is 17.7 Å². The van der Waals surface area contributed by atoms with Crippen molar-refractivity contribution in [3.63, 3.8) is 0 Å². The first-order valence-electron chi connectivity index (χ1n) is 5.94. The average Bonchev–Trinajstić information content (AvgIpc) is 2.28. The van der Waals surface area contributed by atoms with Gasteiger partial charge in [-0.2, -0.15) is 0 Å². The number of hydrogen-bond donors (Lipinski definition) is 2. The van der Waals surface area contributed by atoms with Crippen molar-refractivity contribution in [2.75, 3.05) is 20.1 Å². The first kappa shape index (κ1) is 17.3. The second-order valence-corrected chi connectivity index (χ2v) is 5.43. The molecule has 0 fully saturated rings. The fourth-order valence-electron chi connectivity index (χ4n) is 1.46. The van der Waals surface area contributed by atoms with Crippen molar-refractivity contribution in [1.82, 2.24) is 4.90 Å². The standard InChI is InChI=1S/C11H19NO.C2H2O4/c1-11(2,3)10(13)9-5-7-12(4)8-6-9;3-1(4)2(5)6/h5H,6-8H2,1-4H3;(H,3,4)(H,5,6). The number of ketones is 1. The van der Waals surface area contributed by atoms with Crippen LogP contribution >= 0.6 is 0 Å². The van der Waals surface area contributed by atoms with E-state index >= 15 is 0 Å². The number of carbonyl (C=O) groups is 3. The molecule has 0 unspecified atom stereocenters. The zero-order valence-electron chi connectivity index (χ0n) is 11.8. The lowest BCUT2D eigenvalue weighted by Crippen LogP contribution is -2.30. The number of Topliss-reactive ketones (excluding diaryl/α,β-unsaturated/α-hetero) is 1. The van der Waals surface area contributed by atoms with Crippen LogP contribution in [-0.4, -0.2) is 53.0 Å². The van der Waals surface area contributed by atoms with Crippen LogP contribution in [0.25, 0.3) is 0 Å². The Morgan fingerprint density at radius 1 is 1.16 bits per heavy atom. The minimum absolute atomic E-state index is 0.220. The van der Waals surface area contributed by atoms with Crippen LogP contribution in [-0.2, 0) is 14.4 Å². The van der Waals surface area contributed by atoms with E-state index < -0.39 is 11.9 Å². The van der Waals surface area contributed by atoms with Gasteiger partial charge in [-0.05, 0) is 19.0 Å². The number of likely N-dealkylation sites (N-methyl/N-ethyl adjacent to an activating group) is 1. The number of aliphatic carboxylic acids is 2. The van der Waals surface area contributed by atoms with Gasteiger partial charge in [-0.3, -0.25) is 4.79 Å². The second-order valence-electron chi connectivity index (χ2n) is 5.43. The maximum Gasteiger partial charge on any atom is 0.414 e. The molecule has 0 atom stereocenters. The Kier molecular flexibility index (Phi) is 6.41. The molecule has 0 amide bonds. The lowest BCUT2D eigenvalue weighted by molar-refractivity contribution is -0.159. The fraction of sp³-hybridized carbons (Fsp3) is 0.615. The van der Waals surface area contributed by atoms with Crippen molar-refractivity contribution in [3.8, 4) is 0 Å². The minimum atomic E-state index is -1.82. The van der Waals surface area contributed by atoms with E-state index in [0.717, 1.165) is 25.1 Å². The van der Waals surface area contributed by atoms with Gasteiger partial charge in [0.25, 0.3) is 0 Å². The molecule has 0 saturated heterocycles. The van der Waals surface area contributed by atoms with E-state index in [1.54, 1.807) is 0 Å². The number of rotatable bonds is 1. The highest BCUT2D eigenvalue weighted by molar-refractivity contribution is 6.27. The van der Waals surface area contributed by atoms with Gasteiger partial charge in [-0.25, -0.2) is 9.59 Å². The summed E-state index contributed by atoms with van der Waals surface area (Å²) in [5.74, 6) is -3.34. The highest BCUT2D eigenvalue weighted by atomic mass is 16.4. The number of nitrogens with zero attached hydrogens (tertiary/aromatic N) is 1. The summed E-state index contributed by atoms with van der Waals surface area (Å²) in [6.07, 6.45) is 2.98. The van der Waals surface area contributed by atoms with Gasteiger partial charge in [0, 0.05) is 18.5 Å². The summed E-state index contributed by atoms with van der Waals surface area (Å²) >= 11 is 0. The lowest BCUT2D eigenvalue weighted by Gasteiger charge is -2.25. The number of carboxylic acid groups (broad SMARTS) is 2. The summed E-state index contributed by atoms with van der Waals surface area (Å²) in [6, 6.07) is 0. The highest BCUT2D eigenvalue weighted by Crippen LogP contribution is 2.23. The summed E-state index contributed by atoms with van der Waals surface area (Å²) in [5.41, 5.74) is 0.799. The molecule has 1 aliphatic heterocycles. The quantitative estimate of drug-likeness (QED) is 0.691. The van der Waals surface area contributed by atoms with E-state index in [1.165, 1.54) is 0 Å². The Hall–Kier alpha value is -1.69. The Morgan fingerprint density at radius 2 is 1.63 bits per heavy atom. The number of hydrogen-bond acceptors (Lipinski definition) is 4. The third-order valence-corrected chi connectivity index (χ3v) is 2.57. The van der Waals surface area contributed by atoms with Crippen molar-refractivity contribution in [3.05, 3.63) is 11.6 Å². The Bertz CT molecular complexity index is 380. The van der Waals surface area contributed by atoms with Gasteiger partial charge in [0.15, 0.2) is 5.78 Å². The van der Waals surface area contributed by atoms with Gasteiger partial charge in [0.05, 0.1) is 0 Å². The third kappa shape index (κ3) is 6.71. The first-order chi connectivity index (χ1) is 8.55. The minimum Gasteiger partial charge on any atom is -0.473 e. The van der Waals surface area contributed by atoms with Gasteiger partial charge in [0.2, 0.25) is 0 Å². The van der Waals surface area contributed by atoms with Gasteiger partial charge in [-0.1, -0.05) is 26.8 Å². The zero-order chi connectivity index (χ0) is 15.2. The monoisotopic (exact) mass is 271 g/mol. The molecule has 0 aromatic rings. The first-order valence-corrected chi connectivity index (χ1v) is 5.94. The fourth-order valence-corrected chi connectivity index (χ4v) is 1.46. The molecule has 1 rings (SSSR count).